The van der Waals surface area contributed by atoms with Gasteiger partial charge in [0.25, 0.3) is 0 Å². The van der Waals surface area contributed by atoms with Crippen molar-refractivity contribution in [2.45, 2.75) is 6.10 Å². The summed E-state index contributed by atoms with van der Waals surface area (Å²) in [6.07, 6.45) is -4.34. The standard InChI is InChI=1S/C4H8O5.CH2O3/c5-1-3(2-6)9-4(7)8;2-1(3)4/h3,5-6H,1-2H2,(H,7,8);(H2,2,3,4). The molecule has 0 atom stereocenters. The third-order valence-electron chi connectivity index (χ3n) is 0.675. The summed E-state index contributed by atoms with van der Waals surface area (Å²) in [4.78, 5) is 18.2. The Balaban J connectivity index is 0. The summed E-state index contributed by atoms with van der Waals surface area (Å²) in [6.45, 7) is -0.994. The van der Waals surface area contributed by atoms with Crippen molar-refractivity contribution in [2.75, 3.05) is 13.2 Å². The lowest BCUT2D eigenvalue weighted by Crippen LogP contribution is -2.24. The highest BCUT2D eigenvalue weighted by atomic mass is 16.7. The number of carboxylic acid groups (broad SMARTS) is 3. The molecule has 13 heavy (non-hydrogen) atoms. The van der Waals surface area contributed by atoms with Crippen LogP contribution in [-0.2, 0) is 4.74 Å². The van der Waals surface area contributed by atoms with Crippen LogP contribution in [0.5, 0.6) is 0 Å². The summed E-state index contributed by atoms with van der Waals surface area (Å²) in [5.41, 5.74) is 0. The SMILES string of the molecule is O=C(O)O.O=C(O)OC(CO)CO. The van der Waals surface area contributed by atoms with Crippen molar-refractivity contribution in [3.05, 3.63) is 0 Å². The average Bonchev–Trinajstić information content (AvgIpc) is 1.98. The lowest BCUT2D eigenvalue weighted by molar-refractivity contribution is -0.00280. The monoisotopic (exact) mass is 198 g/mol. The molecule has 0 aliphatic carbocycles. The van der Waals surface area contributed by atoms with Gasteiger partial charge in [-0.05, 0) is 0 Å². The van der Waals surface area contributed by atoms with Crippen molar-refractivity contribution < 1.29 is 39.9 Å². The zero-order chi connectivity index (χ0) is 10.9. The maximum atomic E-state index is 9.68. The van der Waals surface area contributed by atoms with Gasteiger partial charge in [0.1, 0.15) is 0 Å². The average molecular weight is 198 g/mol. The lowest BCUT2D eigenvalue weighted by atomic mass is 10.4. The van der Waals surface area contributed by atoms with Crippen molar-refractivity contribution >= 4 is 12.3 Å². The number of hydrogen-bond donors (Lipinski definition) is 5. The number of aliphatic hydroxyl groups excluding tert-OH is 2. The topological polar surface area (TPSA) is 145 Å². The molecule has 0 heterocycles. The molecule has 0 spiro atoms. The van der Waals surface area contributed by atoms with Crippen LogP contribution in [0.4, 0.5) is 9.59 Å². The Morgan fingerprint density at radius 1 is 1.08 bits per heavy atom. The third-order valence-corrected chi connectivity index (χ3v) is 0.675. The van der Waals surface area contributed by atoms with E-state index in [9.17, 15) is 4.79 Å². The van der Waals surface area contributed by atoms with Crippen LogP contribution >= 0.6 is 0 Å². The number of rotatable bonds is 3. The van der Waals surface area contributed by atoms with E-state index in [1.165, 1.54) is 0 Å². The predicted octanol–water partition coefficient (Wildman–Crippen LogP) is -0.743. The molecule has 0 aliphatic heterocycles. The molecule has 78 valence electrons. The molecular formula is C5H10O8. The predicted molar refractivity (Wildman–Crippen MR) is 37.7 cm³/mol. The molecule has 0 rings (SSSR count). The second kappa shape index (κ2) is 8.56. The summed E-state index contributed by atoms with van der Waals surface area (Å²) in [6, 6.07) is 0. The van der Waals surface area contributed by atoms with Crippen LogP contribution in [0.1, 0.15) is 0 Å². The Morgan fingerprint density at radius 3 is 1.46 bits per heavy atom. The van der Waals surface area contributed by atoms with Crippen LogP contribution in [0.15, 0.2) is 0 Å². The zero-order valence-electron chi connectivity index (χ0n) is 6.45. The molecule has 0 saturated heterocycles. The van der Waals surface area contributed by atoms with E-state index in [-0.39, 0.29) is 0 Å². The van der Waals surface area contributed by atoms with E-state index in [1.54, 1.807) is 0 Å². The number of hydrogen-bond acceptors (Lipinski definition) is 5. The smallest absolute Gasteiger partial charge is 0.450 e. The molecule has 0 radical (unpaired) electrons. The van der Waals surface area contributed by atoms with E-state index in [0.717, 1.165) is 0 Å². The van der Waals surface area contributed by atoms with E-state index >= 15 is 0 Å². The van der Waals surface area contributed by atoms with Crippen molar-refractivity contribution in [1.29, 1.82) is 0 Å². The first-order valence-corrected chi connectivity index (χ1v) is 2.97. The van der Waals surface area contributed by atoms with Gasteiger partial charge in [0, 0.05) is 0 Å². The fraction of sp³-hybridized carbons (Fsp3) is 0.600. The second-order valence-electron chi connectivity index (χ2n) is 1.65. The largest absolute Gasteiger partial charge is 0.506 e. The minimum Gasteiger partial charge on any atom is -0.450 e. The Morgan fingerprint density at radius 2 is 1.38 bits per heavy atom. The van der Waals surface area contributed by atoms with Gasteiger partial charge in [-0.1, -0.05) is 0 Å². The molecule has 8 heteroatoms. The first kappa shape index (κ1) is 14.0. The fourth-order valence-electron chi connectivity index (χ4n) is 0.275. The summed E-state index contributed by atoms with van der Waals surface area (Å²) in [5.74, 6) is 0. The van der Waals surface area contributed by atoms with Crippen LogP contribution in [-0.4, -0.2) is 57.2 Å². The molecule has 0 aromatic rings. The normalized spacial score (nSPS) is 8.54. The molecule has 0 unspecified atom stereocenters. The van der Waals surface area contributed by atoms with Crippen LogP contribution in [0.2, 0.25) is 0 Å². The van der Waals surface area contributed by atoms with Gasteiger partial charge in [-0.2, -0.15) is 0 Å². The van der Waals surface area contributed by atoms with Gasteiger partial charge < -0.3 is 30.3 Å². The minimum atomic E-state index is -1.83. The number of ether oxygens (including phenoxy) is 1. The Bertz CT molecular complexity index is 147. The Labute approximate surface area is 72.6 Å². The maximum Gasteiger partial charge on any atom is 0.506 e. The van der Waals surface area contributed by atoms with Gasteiger partial charge in [0.2, 0.25) is 0 Å². The van der Waals surface area contributed by atoms with Gasteiger partial charge in [0.05, 0.1) is 13.2 Å². The van der Waals surface area contributed by atoms with Crippen molar-refractivity contribution in [1.82, 2.24) is 0 Å². The van der Waals surface area contributed by atoms with Crippen LogP contribution in [0.3, 0.4) is 0 Å². The molecule has 0 amide bonds. The second-order valence-corrected chi connectivity index (χ2v) is 1.65. The summed E-state index contributed by atoms with van der Waals surface area (Å²) in [7, 11) is 0. The third kappa shape index (κ3) is 17.9. The van der Waals surface area contributed by atoms with E-state index in [1.807, 2.05) is 0 Å². The lowest BCUT2D eigenvalue weighted by Gasteiger charge is -2.07. The fourth-order valence-corrected chi connectivity index (χ4v) is 0.275. The molecule has 8 nitrogen and oxygen atoms in total. The molecule has 0 aliphatic rings. The van der Waals surface area contributed by atoms with Crippen molar-refractivity contribution in [3.63, 3.8) is 0 Å². The van der Waals surface area contributed by atoms with Crippen LogP contribution in [0, 0.1) is 0 Å². The van der Waals surface area contributed by atoms with Gasteiger partial charge in [-0.15, -0.1) is 0 Å². The molecule has 0 saturated carbocycles. The highest BCUT2D eigenvalue weighted by Crippen LogP contribution is 1.88. The quantitative estimate of drug-likeness (QED) is 0.372. The van der Waals surface area contributed by atoms with Gasteiger partial charge >= 0.3 is 12.3 Å². The summed E-state index contributed by atoms with van der Waals surface area (Å²) >= 11 is 0. The summed E-state index contributed by atoms with van der Waals surface area (Å²) in [5, 5.41) is 38.3. The molecule has 0 aromatic carbocycles. The maximum absolute atomic E-state index is 9.68. The highest BCUT2D eigenvalue weighted by molar-refractivity contribution is 5.57. The van der Waals surface area contributed by atoms with Crippen LogP contribution in [0.25, 0.3) is 0 Å². The molecular weight excluding hydrogens is 188 g/mol. The Kier molecular flexibility index (Phi) is 9.22. The Hall–Kier alpha value is -1.54. The first-order chi connectivity index (χ1) is 5.93. The number of aliphatic hydroxyl groups is 2. The van der Waals surface area contributed by atoms with E-state index < -0.39 is 31.6 Å². The highest BCUT2D eigenvalue weighted by Gasteiger charge is 2.09. The van der Waals surface area contributed by atoms with E-state index in [4.69, 9.17) is 30.3 Å². The van der Waals surface area contributed by atoms with Gasteiger partial charge in [-0.25, -0.2) is 9.59 Å². The summed E-state index contributed by atoms with van der Waals surface area (Å²) < 4.78 is 3.97. The molecule has 0 fully saturated rings. The molecule has 5 N–H and O–H groups in total. The van der Waals surface area contributed by atoms with Crippen LogP contribution < -0.4 is 0 Å². The van der Waals surface area contributed by atoms with E-state index in [0.29, 0.717) is 0 Å². The molecule has 0 aromatic heterocycles. The first-order valence-electron chi connectivity index (χ1n) is 2.97. The van der Waals surface area contributed by atoms with Gasteiger partial charge in [0.15, 0.2) is 6.10 Å². The molecule has 0 bridgehead atoms. The van der Waals surface area contributed by atoms with Crippen molar-refractivity contribution in [2.24, 2.45) is 0 Å². The number of carbonyl (C=O) groups is 2. The van der Waals surface area contributed by atoms with Gasteiger partial charge in [-0.3, -0.25) is 0 Å². The van der Waals surface area contributed by atoms with Crippen molar-refractivity contribution in [3.8, 4) is 0 Å². The minimum absolute atomic E-state index is 0.497. The zero-order valence-corrected chi connectivity index (χ0v) is 6.45. The van der Waals surface area contributed by atoms with E-state index in [2.05, 4.69) is 4.74 Å².